The number of pyridine rings is 1. The van der Waals surface area contributed by atoms with Gasteiger partial charge in [0.1, 0.15) is 0 Å². The maximum atomic E-state index is 11.8. The lowest BCUT2D eigenvalue weighted by molar-refractivity contribution is 0.0922. The van der Waals surface area contributed by atoms with E-state index in [1.54, 1.807) is 12.4 Å². The maximum absolute atomic E-state index is 11.8. The standard InChI is InChI=1S/C11H13NO/c13-11(9-4-1-2-5-9)10-6-3-7-12-8-10/h3,6-9H,1-2,4-5H2. The van der Waals surface area contributed by atoms with Crippen molar-refractivity contribution in [3.63, 3.8) is 0 Å². The van der Waals surface area contributed by atoms with Gasteiger partial charge in [0, 0.05) is 23.9 Å². The van der Waals surface area contributed by atoms with Crippen molar-refractivity contribution in [1.82, 2.24) is 4.98 Å². The van der Waals surface area contributed by atoms with Crippen LogP contribution < -0.4 is 0 Å². The van der Waals surface area contributed by atoms with Crippen molar-refractivity contribution in [2.75, 3.05) is 0 Å². The zero-order chi connectivity index (χ0) is 9.10. The molecule has 0 atom stereocenters. The third kappa shape index (κ3) is 1.77. The quantitative estimate of drug-likeness (QED) is 0.646. The van der Waals surface area contributed by atoms with Crippen molar-refractivity contribution in [3.05, 3.63) is 30.1 Å². The second-order valence-electron chi connectivity index (χ2n) is 3.59. The normalized spacial score (nSPS) is 17.5. The highest BCUT2D eigenvalue weighted by atomic mass is 16.1. The van der Waals surface area contributed by atoms with Gasteiger partial charge in [0.2, 0.25) is 0 Å². The van der Waals surface area contributed by atoms with Crippen LogP contribution in [0.4, 0.5) is 0 Å². The number of rotatable bonds is 2. The highest BCUT2D eigenvalue weighted by molar-refractivity contribution is 5.97. The number of Topliss-reactive ketones (excluding diaryl/α,β-unsaturated/α-hetero) is 1. The Hall–Kier alpha value is -1.18. The first-order valence-corrected chi connectivity index (χ1v) is 4.82. The molecule has 0 N–H and O–H groups in total. The summed E-state index contributed by atoms with van der Waals surface area (Å²) in [7, 11) is 0. The summed E-state index contributed by atoms with van der Waals surface area (Å²) in [6.45, 7) is 0. The molecule has 1 aliphatic rings. The molecule has 0 saturated heterocycles. The number of hydrogen-bond donors (Lipinski definition) is 0. The van der Waals surface area contributed by atoms with Gasteiger partial charge >= 0.3 is 0 Å². The smallest absolute Gasteiger partial charge is 0.167 e. The Labute approximate surface area is 78.0 Å². The molecule has 0 amide bonds. The van der Waals surface area contributed by atoms with Gasteiger partial charge in [0.15, 0.2) is 5.78 Å². The molecule has 0 spiro atoms. The number of aromatic nitrogens is 1. The average Bonchev–Trinajstić information content (AvgIpc) is 2.71. The number of ketones is 1. The Kier molecular flexibility index (Phi) is 2.39. The SMILES string of the molecule is O=C(c1cccnc1)C1CCCC1. The van der Waals surface area contributed by atoms with Crippen LogP contribution in [-0.2, 0) is 0 Å². The monoisotopic (exact) mass is 175 g/mol. The average molecular weight is 175 g/mol. The molecule has 2 rings (SSSR count). The van der Waals surface area contributed by atoms with E-state index >= 15 is 0 Å². The predicted octanol–water partition coefficient (Wildman–Crippen LogP) is 2.45. The van der Waals surface area contributed by atoms with Gasteiger partial charge in [0.05, 0.1) is 0 Å². The molecule has 0 unspecified atom stereocenters. The van der Waals surface area contributed by atoms with Crippen molar-refractivity contribution >= 4 is 5.78 Å². The molecular formula is C11H13NO. The van der Waals surface area contributed by atoms with Crippen LogP contribution in [0, 0.1) is 5.92 Å². The fourth-order valence-electron chi connectivity index (χ4n) is 1.93. The summed E-state index contributed by atoms with van der Waals surface area (Å²) in [6, 6.07) is 3.68. The Morgan fingerprint density at radius 1 is 1.38 bits per heavy atom. The fourth-order valence-corrected chi connectivity index (χ4v) is 1.93. The summed E-state index contributed by atoms with van der Waals surface area (Å²) in [5, 5.41) is 0. The molecule has 1 fully saturated rings. The van der Waals surface area contributed by atoms with E-state index in [1.165, 1.54) is 12.8 Å². The minimum absolute atomic E-state index is 0.268. The van der Waals surface area contributed by atoms with Crippen LogP contribution in [0.3, 0.4) is 0 Å². The minimum Gasteiger partial charge on any atom is -0.294 e. The van der Waals surface area contributed by atoms with Gasteiger partial charge in [-0.25, -0.2) is 0 Å². The van der Waals surface area contributed by atoms with Crippen LogP contribution in [0.5, 0.6) is 0 Å². The molecule has 1 aromatic rings. The number of carbonyl (C=O) groups excluding carboxylic acids is 1. The van der Waals surface area contributed by atoms with Crippen LogP contribution in [0.25, 0.3) is 0 Å². The molecule has 1 saturated carbocycles. The van der Waals surface area contributed by atoms with Gasteiger partial charge in [-0.05, 0) is 25.0 Å². The van der Waals surface area contributed by atoms with Crippen LogP contribution in [0.2, 0.25) is 0 Å². The van der Waals surface area contributed by atoms with Gasteiger partial charge in [-0.1, -0.05) is 12.8 Å². The lowest BCUT2D eigenvalue weighted by Crippen LogP contribution is -2.10. The Morgan fingerprint density at radius 2 is 2.15 bits per heavy atom. The summed E-state index contributed by atoms with van der Waals surface area (Å²) >= 11 is 0. The summed E-state index contributed by atoms with van der Waals surface area (Å²) in [5.74, 6) is 0.551. The molecule has 2 nitrogen and oxygen atoms in total. The first-order chi connectivity index (χ1) is 6.38. The zero-order valence-electron chi connectivity index (χ0n) is 7.57. The summed E-state index contributed by atoms with van der Waals surface area (Å²) in [5.41, 5.74) is 0.773. The second-order valence-corrected chi connectivity index (χ2v) is 3.59. The molecule has 1 aromatic heterocycles. The molecule has 0 aliphatic heterocycles. The van der Waals surface area contributed by atoms with Crippen molar-refractivity contribution in [1.29, 1.82) is 0 Å². The van der Waals surface area contributed by atoms with E-state index in [0.29, 0.717) is 0 Å². The highest BCUT2D eigenvalue weighted by Crippen LogP contribution is 2.27. The molecule has 2 heteroatoms. The van der Waals surface area contributed by atoms with Gasteiger partial charge < -0.3 is 0 Å². The number of nitrogens with zero attached hydrogens (tertiary/aromatic N) is 1. The molecule has 0 aromatic carbocycles. The predicted molar refractivity (Wildman–Crippen MR) is 50.5 cm³/mol. The van der Waals surface area contributed by atoms with Crippen LogP contribution in [0.1, 0.15) is 36.0 Å². The second kappa shape index (κ2) is 3.69. The van der Waals surface area contributed by atoms with Crippen LogP contribution in [-0.4, -0.2) is 10.8 Å². The third-order valence-electron chi connectivity index (χ3n) is 2.67. The van der Waals surface area contributed by atoms with Gasteiger partial charge in [-0.3, -0.25) is 9.78 Å². The Balaban J connectivity index is 2.13. The van der Waals surface area contributed by atoms with E-state index in [9.17, 15) is 4.79 Å². The van der Waals surface area contributed by atoms with E-state index < -0.39 is 0 Å². The van der Waals surface area contributed by atoms with Gasteiger partial charge in [0.25, 0.3) is 0 Å². The van der Waals surface area contributed by atoms with Gasteiger partial charge in [-0.2, -0.15) is 0 Å². The van der Waals surface area contributed by atoms with E-state index in [-0.39, 0.29) is 11.7 Å². The van der Waals surface area contributed by atoms with E-state index in [2.05, 4.69) is 4.98 Å². The van der Waals surface area contributed by atoms with Gasteiger partial charge in [-0.15, -0.1) is 0 Å². The number of hydrogen-bond acceptors (Lipinski definition) is 2. The molecule has 0 bridgehead atoms. The molecular weight excluding hydrogens is 162 g/mol. The van der Waals surface area contributed by atoms with Crippen LogP contribution >= 0.6 is 0 Å². The minimum atomic E-state index is 0.268. The maximum Gasteiger partial charge on any atom is 0.167 e. The Bertz CT molecular complexity index is 288. The Morgan fingerprint density at radius 3 is 2.77 bits per heavy atom. The zero-order valence-corrected chi connectivity index (χ0v) is 7.57. The van der Waals surface area contributed by atoms with Crippen molar-refractivity contribution < 1.29 is 4.79 Å². The molecule has 1 aliphatic carbocycles. The first-order valence-electron chi connectivity index (χ1n) is 4.82. The highest BCUT2D eigenvalue weighted by Gasteiger charge is 2.23. The van der Waals surface area contributed by atoms with E-state index in [0.717, 1.165) is 18.4 Å². The van der Waals surface area contributed by atoms with Crippen molar-refractivity contribution in [3.8, 4) is 0 Å². The van der Waals surface area contributed by atoms with E-state index in [1.807, 2.05) is 12.1 Å². The largest absolute Gasteiger partial charge is 0.294 e. The summed E-state index contributed by atoms with van der Waals surface area (Å²) < 4.78 is 0. The molecule has 1 heterocycles. The van der Waals surface area contributed by atoms with Crippen LogP contribution in [0.15, 0.2) is 24.5 Å². The molecule has 0 radical (unpaired) electrons. The lowest BCUT2D eigenvalue weighted by atomic mass is 9.98. The first kappa shape index (κ1) is 8.42. The lowest BCUT2D eigenvalue weighted by Gasteiger charge is -2.06. The topological polar surface area (TPSA) is 30.0 Å². The van der Waals surface area contributed by atoms with Crippen molar-refractivity contribution in [2.24, 2.45) is 5.92 Å². The fraction of sp³-hybridized carbons (Fsp3) is 0.455. The molecule has 13 heavy (non-hydrogen) atoms. The molecule has 68 valence electrons. The number of carbonyl (C=O) groups is 1. The third-order valence-corrected chi connectivity index (χ3v) is 2.67. The van der Waals surface area contributed by atoms with Crippen molar-refractivity contribution in [2.45, 2.75) is 25.7 Å². The summed E-state index contributed by atoms with van der Waals surface area (Å²) in [6.07, 6.45) is 7.90. The van der Waals surface area contributed by atoms with E-state index in [4.69, 9.17) is 0 Å². The summed E-state index contributed by atoms with van der Waals surface area (Å²) in [4.78, 5) is 15.8.